The first-order chi connectivity index (χ1) is 24.2. The number of rotatable bonds is 8. The van der Waals surface area contributed by atoms with Crippen LogP contribution in [0.3, 0.4) is 0 Å². The van der Waals surface area contributed by atoms with Gasteiger partial charge in [0, 0.05) is 35.9 Å². The summed E-state index contributed by atoms with van der Waals surface area (Å²) in [5, 5.41) is 15.8. The molecule has 13 nitrogen and oxygen atoms in total. The third-order valence-electron chi connectivity index (χ3n) is 8.59. The highest BCUT2D eigenvalue weighted by atomic mass is 16.5. The van der Waals surface area contributed by atoms with Crippen LogP contribution in [-0.4, -0.2) is 90.0 Å². The molecule has 3 aromatic carbocycles. The molecule has 13 heteroatoms. The first-order valence-electron chi connectivity index (χ1n) is 16.4. The number of aliphatic carboxylic acids is 1. The van der Waals surface area contributed by atoms with Crippen molar-refractivity contribution in [2.45, 2.75) is 50.4 Å². The van der Waals surface area contributed by atoms with Gasteiger partial charge < -0.3 is 39.6 Å². The summed E-state index contributed by atoms with van der Waals surface area (Å²) in [5.41, 5.74) is 2.78. The molecule has 3 amide bonds. The Bertz CT molecular complexity index is 1890. The topological polar surface area (TPSA) is 166 Å². The maximum Gasteiger partial charge on any atom is 0.407 e. The van der Waals surface area contributed by atoms with Crippen LogP contribution in [-0.2, 0) is 25.5 Å². The molecule has 0 radical (unpaired) electrons. The van der Waals surface area contributed by atoms with Gasteiger partial charge in [0.1, 0.15) is 42.0 Å². The van der Waals surface area contributed by atoms with Crippen LogP contribution in [0.5, 0.6) is 17.2 Å². The molecule has 4 atom stereocenters. The van der Waals surface area contributed by atoms with Gasteiger partial charge in [0.05, 0.1) is 31.5 Å². The smallest absolute Gasteiger partial charge is 0.407 e. The maximum atomic E-state index is 14.4. The van der Waals surface area contributed by atoms with Crippen molar-refractivity contribution in [2.24, 2.45) is 0 Å². The number of fused-ring (bicyclic) bond motifs is 4. The van der Waals surface area contributed by atoms with E-state index in [1.165, 1.54) is 4.90 Å². The van der Waals surface area contributed by atoms with Crippen molar-refractivity contribution in [3.63, 3.8) is 0 Å². The number of aromatic nitrogens is 1. The average molecular weight is 683 g/mol. The van der Waals surface area contributed by atoms with Crippen LogP contribution in [0.2, 0.25) is 0 Å². The predicted molar refractivity (Wildman–Crippen MR) is 182 cm³/mol. The quantitative estimate of drug-likeness (QED) is 0.248. The van der Waals surface area contributed by atoms with E-state index in [-0.39, 0.29) is 32.6 Å². The number of carbonyl (C=O) groups is 4. The molecule has 6 rings (SSSR count). The molecular weight excluding hydrogens is 644 g/mol. The molecule has 50 heavy (non-hydrogen) atoms. The van der Waals surface area contributed by atoms with Gasteiger partial charge in [-0.2, -0.15) is 0 Å². The molecule has 0 spiro atoms. The first kappa shape index (κ1) is 34.0. The maximum absolute atomic E-state index is 14.4. The molecule has 2 unspecified atom stereocenters. The fourth-order valence-corrected chi connectivity index (χ4v) is 6.11. The number of hydrogen-bond acceptors (Lipinski definition) is 9. The predicted octanol–water partition coefficient (Wildman–Crippen LogP) is 3.97. The Labute approximate surface area is 288 Å². The Morgan fingerprint density at radius 2 is 1.88 bits per heavy atom. The number of carbonyl (C=O) groups excluding carboxylic acids is 3. The van der Waals surface area contributed by atoms with E-state index >= 15 is 0 Å². The number of hydrogen-bond donors (Lipinski definition) is 3. The number of amides is 3. The largest absolute Gasteiger partial charge is 0.497 e. The molecule has 3 heterocycles. The third-order valence-corrected chi connectivity index (χ3v) is 8.59. The fourth-order valence-electron chi connectivity index (χ4n) is 6.11. The van der Waals surface area contributed by atoms with E-state index < -0.39 is 48.1 Å². The van der Waals surface area contributed by atoms with Crippen LogP contribution in [0, 0.1) is 0 Å². The summed E-state index contributed by atoms with van der Waals surface area (Å²) in [4.78, 5) is 59.3. The minimum absolute atomic E-state index is 0.0198. The average Bonchev–Trinajstić information content (AvgIpc) is 3.55. The van der Waals surface area contributed by atoms with Gasteiger partial charge in [0.2, 0.25) is 11.8 Å². The highest BCUT2D eigenvalue weighted by molar-refractivity contribution is 5.94. The standard InChI is InChI=1S/C37H38N4O9/c1-3-14-48-37(46)40-30-16-22-8-7-11-25(15-22)49-21-31(36(44)45)39-34(42)32-18-26(20-41(32)35(30)43)50-33-19-28(23-9-5-4-6-10-23)38-29-17-24(47-2)12-13-27(29)33/h4-13,15,17,19,26,30-32H,3,14,16,18,20-21H2,1-2H3,(H,39,42)(H,40,46)(H,44,45)/t26-,30?,31-,32?/m1/s1. The van der Waals surface area contributed by atoms with Gasteiger partial charge in [0.25, 0.3) is 0 Å². The number of methoxy groups -OCH3 is 1. The second-order valence-electron chi connectivity index (χ2n) is 12.1. The number of pyridine rings is 1. The molecule has 2 bridgehead atoms. The van der Waals surface area contributed by atoms with Gasteiger partial charge in [-0.25, -0.2) is 14.6 Å². The second kappa shape index (κ2) is 15.1. The lowest BCUT2D eigenvalue weighted by molar-refractivity contribution is -0.145. The highest BCUT2D eigenvalue weighted by Gasteiger charge is 2.44. The Balaban J connectivity index is 1.36. The normalized spacial score (nSPS) is 20.6. The van der Waals surface area contributed by atoms with Crippen molar-refractivity contribution in [2.75, 3.05) is 26.9 Å². The number of carboxylic acids is 1. The van der Waals surface area contributed by atoms with Crippen molar-refractivity contribution in [1.29, 1.82) is 0 Å². The summed E-state index contributed by atoms with van der Waals surface area (Å²) in [6.07, 6.45) is -0.756. The first-order valence-corrected chi connectivity index (χ1v) is 16.4. The van der Waals surface area contributed by atoms with Gasteiger partial charge in [-0.1, -0.05) is 49.4 Å². The SMILES string of the molecule is CCCOC(=O)NC1Cc2cccc(c2)OC[C@H](C(=O)O)NC(=O)C2C[C@@H](Oc3cc(-c4ccccc4)nc4cc(OC)ccc34)CN2C1=O. The van der Waals surface area contributed by atoms with Crippen molar-refractivity contribution in [3.05, 3.63) is 84.4 Å². The lowest BCUT2D eigenvalue weighted by Crippen LogP contribution is -2.56. The molecule has 1 saturated heterocycles. The van der Waals surface area contributed by atoms with Gasteiger partial charge in [-0.05, 0) is 36.2 Å². The molecule has 1 fully saturated rings. The zero-order chi connectivity index (χ0) is 35.2. The van der Waals surface area contributed by atoms with E-state index in [1.807, 2.05) is 49.4 Å². The van der Waals surface area contributed by atoms with Gasteiger partial charge in [-0.15, -0.1) is 0 Å². The Morgan fingerprint density at radius 3 is 2.64 bits per heavy atom. The second-order valence-corrected chi connectivity index (χ2v) is 12.1. The molecule has 260 valence electrons. The van der Waals surface area contributed by atoms with E-state index in [2.05, 4.69) is 10.6 Å². The molecule has 0 aliphatic carbocycles. The zero-order valence-corrected chi connectivity index (χ0v) is 27.7. The third kappa shape index (κ3) is 7.72. The summed E-state index contributed by atoms with van der Waals surface area (Å²) in [6.45, 7) is 1.65. The van der Waals surface area contributed by atoms with Crippen LogP contribution in [0.15, 0.2) is 78.9 Å². The minimum atomic E-state index is -1.39. The number of benzene rings is 3. The number of carboxylic acid groups (broad SMARTS) is 1. The fraction of sp³-hybridized carbons (Fsp3) is 0.324. The lowest BCUT2D eigenvalue weighted by Gasteiger charge is -2.28. The summed E-state index contributed by atoms with van der Waals surface area (Å²) in [7, 11) is 1.57. The Morgan fingerprint density at radius 1 is 1.06 bits per heavy atom. The summed E-state index contributed by atoms with van der Waals surface area (Å²) in [5.74, 6) is -1.08. The number of nitrogens with one attached hydrogen (secondary N) is 2. The van der Waals surface area contributed by atoms with E-state index in [0.717, 1.165) is 5.56 Å². The molecule has 0 saturated carbocycles. The monoisotopic (exact) mass is 682 g/mol. The van der Waals surface area contributed by atoms with Gasteiger partial charge >= 0.3 is 12.1 Å². The molecule has 1 aromatic heterocycles. The molecule has 2 aliphatic rings. The van der Waals surface area contributed by atoms with Gasteiger partial charge in [-0.3, -0.25) is 9.59 Å². The number of nitrogens with zero attached hydrogens (tertiary/aromatic N) is 2. The number of alkyl carbamates (subject to hydrolysis) is 1. The van der Waals surface area contributed by atoms with Crippen molar-refractivity contribution < 1.29 is 43.2 Å². The zero-order valence-electron chi connectivity index (χ0n) is 27.7. The minimum Gasteiger partial charge on any atom is -0.497 e. The van der Waals surface area contributed by atoms with Crippen LogP contribution in [0.25, 0.3) is 22.2 Å². The van der Waals surface area contributed by atoms with E-state index in [1.54, 1.807) is 43.5 Å². The molecular formula is C37H38N4O9. The van der Waals surface area contributed by atoms with Crippen LogP contribution in [0.1, 0.15) is 25.3 Å². The van der Waals surface area contributed by atoms with Crippen LogP contribution < -0.4 is 24.8 Å². The summed E-state index contributed by atoms with van der Waals surface area (Å²) < 4.78 is 23.0. The van der Waals surface area contributed by atoms with E-state index in [9.17, 15) is 24.3 Å². The Hall–Kier alpha value is -5.85. The van der Waals surface area contributed by atoms with Crippen molar-refractivity contribution in [1.82, 2.24) is 20.5 Å². The van der Waals surface area contributed by atoms with Gasteiger partial charge in [0.15, 0.2) is 6.04 Å². The van der Waals surface area contributed by atoms with Crippen LogP contribution in [0.4, 0.5) is 4.79 Å². The van der Waals surface area contributed by atoms with E-state index in [0.29, 0.717) is 45.8 Å². The molecule has 2 aliphatic heterocycles. The Kier molecular flexibility index (Phi) is 10.3. The molecule has 3 N–H and O–H groups in total. The summed E-state index contributed by atoms with van der Waals surface area (Å²) in [6, 6.07) is 20.0. The van der Waals surface area contributed by atoms with Crippen molar-refractivity contribution in [3.8, 4) is 28.5 Å². The lowest BCUT2D eigenvalue weighted by atomic mass is 10.0. The molecule has 4 aromatic rings. The summed E-state index contributed by atoms with van der Waals surface area (Å²) >= 11 is 0. The van der Waals surface area contributed by atoms with E-state index in [4.69, 9.17) is 23.9 Å². The van der Waals surface area contributed by atoms with Crippen molar-refractivity contribution >= 4 is 34.8 Å². The number of ether oxygens (including phenoxy) is 4. The highest BCUT2D eigenvalue weighted by Crippen LogP contribution is 2.35. The van der Waals surface area contributed by atoms with Crippen LogP contribution >= 0.6 is 0 Å².